The number of hydrogen-bond donors (Lipinski definition) is 2. The zero-order valence-corrected chi connectivity index (χ0v) is 26.8. The maximum Gasteiger partial charge on any atom is 0.0316 e. The van der Waals surface area contributed by atoms with Crippen LogP contribution in [0.1, 0.15) is 115 Å². The van der Waals surface area contributed by atoms with E-state index in [9.17, 15) is 0 Å². The van der Waals surface area contributed by atoms with Crippen molar-refractivity contribution >= 4 is 11.4 Å². The number of unbranched alkanes of at least 4 members (excludes halogenated alkanes) is 10. The first kappa shape index (κ1) is 32.4. The number of hydrogen-bond acceptors (Lipinski definition) is 2. The highest BCUT2D eigenvalue weighted by Gasteiger charge is 2.04. The Balaban J connectivity index is 0.962. The van der Waals surface area contributed by atoms with Crippen molar-refractivity contribution in [1.82, 2.24) is 0 Å². The van der Waals surface area contributed by atoms with Crippen LogP contribution in [0.2, 0.25) is 0 Å². The van der Waals surface area contributed by atoms with Crippen molar-refractivity contribution in [2.24, 2.45) is 0 Å². The normalized spacial score (nSPS) is 11.2. The zero-order valence-electron chi connectivity index (χ0n) is 26.8. The summed E-state index contributed by atoms with van der Waals surface area (Å²) in [6.45, 7) is 4.30. The molecule has 0 aromatic heterocycles. The molecular weight excluding hydrogens is 520 g/mol. The molecule has 0 bridgehead atoms. The van der Waals surface area contributed by atoms with Crippen molar-refractivity contribution < 1.29 is 0 Å². The summed E-state index contributed by atoms with van der Waals surface area (Å²) in [5, 5.41) is 0. The zero-order chi connectivity index (χ0) is 30.3. The van der Waals surface area contributed by atoms with Crippen LogP contribution in [0.15, 0.2) is 84.9 Å². The van der Waals surface area contributed by atoms with Gasteiger partial charge in [0, 0.05) is 11.4 Å². The van der Waals surface area contributed by atoms with Gasteiger partial charge in [0.1, 0.15) is 0 Å². The fourth-order valence-electron chi connectivity index (χ4n) is 6.17. The van der Waals surface area contributed by atoms with Crippen molar-refractivity contribution in [1.29, 1.82) is 0 Å². The first-order valence-corrected chi connectivity index (χ1v) is 16.8. The molecule has 0 unspecified atom stereocenters. The molecule has 2 nitrogen and oxygen atoms in total. The van der Waals surface area contributed by atoms with Gasteiger partial charge in [-0.25, -0.2) is 0 Å². The summed E-state index contributed by atoms with van der Waals surface area (Å²) in [4.78, 5) is 0. The minimum atomic E-state index is 0.846. The Morgan fingerprint density at radius 2 is 0.674 bits per heavy atom. The quantitative estimate of drug-likeness (QED) is 0.0917. The summed E-state index contributed by atoms with van der Waals surface area (Å²) in [6, 6.07) is 31.0. The van der Waals surface area contributed by atoms with Gasteiger partial charge in [0.2, 0.25) is 0 Å². The Labute approximate surface area is 261 Å². The number of nitrogens with two attached hydrogens (primary N) is 2. The molecule has 0 saturated heterocycles. The Bertz CT molecular complexity index is 1260. The lowest BCUT2D eigenvalue weighted by Gasteiger charge is -2.08. The second-order valence-electron chi connectivity index (χ2n) is 12.7. The molecular formula is C41H54N2. The predicted octanol–water partition coefficient (Wildman–Crippen LogP) is 10.7. The molecule has 0 fully saturated rings. The lowest BCUT2D eigenvalue weighted by Crippen LogP contribution is -1.95. The van der Waals surface area contributed by atoms with Gasteiger partial charge in [0.05, 0.1) is 0 Å². The van der Waals surface area contributed by atoms with E-state index in [0.29, 0.717) is 0 Å². The SMILES string of the molecule is Cc1cc(N)ccc1Cc1ccc(CCCCCCCCCCCCCc2ccc(Cc3ccc(N)cc3C)cc2)cc1. The topological polar surface area (TPSA) is 52.0 Å². The van der Waals surface area contributed by atoms with Crippen LogP contribution in [0.3, 0.4) is 0 Å². The summed E-state index contributed by atoms with van der Waals surface area (Å²) in [5.41, 5.74) is 24.5. The maximum atomic E-state index is 5.89. The van der Waals surface area contributed by atoms with Crippen molar-refractivity contribution in [3.63, 3.8) is 0 Å². The van der Waals surface area contributed by atoms with Crippen LogP contribution in [0.25, 0.3) is 0 Å². The monoisotopic (exact) mass is 574 g/mol. The van der Waals surface area contributed by atoms with Crippen molar-refractivity contribution in [2.45, 2.75) is 110 Å². The van der Waals surface area contributed by atoms with E-state index in [-0.39, 0.29) is 0 Å². The molecule has 0 amide bonds. The molecule has 0 saturated carbocycles. The van der Waals surface area contributed by atoms with E-state index < -0.39 is 0 Å². The Hall–Kier alpha value is -3.52. The summed E-state index contributed by atoms with van der Waals surface area (Å²) < 4.78 is 0. The number of nitrogen functional groups attached to an aromatic ring is 2. The summed E-state index contributed by atoms with van der Waals surface area (Å²) in [7, 11) is 0. The minimum Gasteiger partial charge on any atom is -0.399 e. The lowest BCUT2D eigenvalue weighted by atomic mass is 9.98. The molecule has 4 N–H and O–H groups in total. The minimum absolute atomic E-state index is 0.846. The third-order valence-electron chi connectivity index (χ3n) is 9.00. The third kappa shape index (κ3) is 11.6. The van der Waals surface area contributed by atoms with E-state index in [1.807, 2.05) is 12.1 Å². The Morgan fingerprint density at radius 3 is 1.00 bits per heavy atom. The number of rotatable bonds is 18. The molecule has 4 aromatic carbocycles. The van der Waals surface area contributed by atoms with Crippen LogP contribution in [0.4, 0.5) is 11.4 Å². The van der Waals surface area contributed by atoms with Gasteiger partial charge in [0.15, 0.2) is 0 Å². The average Bonchev–Trinajstić information content (AvgIpc) is 3.00. The highest BCUT2D eigenvalue weighted by Crippen LogP contribution is 2.20. The summed E-state index contributed by atoms with van der Waals surface area (Å²) >= 11 is 0. The highest BCUT2D eigenvalue weighted by molar-refractivity contribution is 5.46. The number of aryl methyl sites for hydroxylation is 4. The molecule has 2 heteroatoms. The molecule has 43 heavy (non-hydrogen) atoms. The van der Waals surface area contributed by atoms with Crippen LogP contribution in [-0.4, -0.2) is 0 Å². The molecule has 4 aromatic rings. The Kier molecular flexibility index (Phi) is 13.2. The fraction of sp³-hybridized carbons (Fsp3) is 0.415. The van der Waals surface area contributed by atoms with Gasteiger partial charge in [-0.05, 0) is 121 Å². The van der Waals surface area contributed by atoms with Gasteiger partial charge >= 0.3 is 0 Å². The van der Waals surface area contributed by atoms with Gasteiger partial charge < -0.3 is 11.5 Å². The largest absolute Gasteiger partial charge is 0.399 e. The van der Waals surface area contributed by atoms with E-state index in [4.69, 9.17) is 11.5 Å². The lowest BCUT2D eigenvalue weighted by molar-refractivity contribution is 0.545. The third-order valence-corrected chi connectivity index (χ3v) is 9.00. The van der Waals surface area contributed by atoms with Crippen molar-refractivity contribution in [3.8, 4) is 0 Å². The molecule has 0 heterocycles. The van der Waals surface area contributed by atoms with Gasteiger partial charge in [0.25, 0.3) is 0 Å². The molecule has 4 rings (SSSR count). The maximum absolute atomic E-state index is 5.89. The molecule has 0 radical (unpaired) electrons. The van der Waals surface area contributed by atoms with Crippen LogP contribution in [-0.2, 0) is 25.7 Å². The van der Waals surface area contributed by atoms with E-state index in [1.54, 1.807) is 0 Å². The first-order valence-electron chi connectivity index (χ1n) is 16.8. The van der Waals surface area contributed by atoms with E-state index in [0.717, 1.165) is 24.2 Å². The van der Waals surface area contributed by atoms with Gasteiger partial charge in [-0.3, -0.25) is 0 Å². The van der Waals surface area contributed by atoms with Crippen LogP contribution >= 0.6 is 0 Å². The summed E-state index contributed by atoms with van der Waals surface area (Å²) in [5.74, 6) is 0. The second kappa shape index (κ2) is 17.6. The number of anilines is 2. The first-order chi connectivity index (χ1) is 21.0. The smallest absolute Gasteiger partial charge is 0.0316 e. The van der Waals surface area contributed by atoms with Crippen LogP contribution in [0, 0.1) is 13.8 Å². The molecule has 0 aliphatic heterocycles. The Morgan fingerprint density at radius 1 is 0.372 bits per heavy atom. The molecule has 0 aliphatic rings. The van der Waals surface area contributed by atoms with E-state index in [2.05, 4.69) is 86.6 Å². The number of benzene rings is 4. The highest BCUT2D eigenvalue weighted by atomic mass is 14.5. The molecule has 228 valence electrons. The van der Waals surface area contributed by atoms with Crippen molar-refractivity contribution in [3.05, 3.63) is 129 Å². The second-order valence-corrected chi connectivity index (χ2v) is 12.7. The van der Waals surface area contributed by atoms with E-state index >= 15 is 0 Å². The standard InChI is InChI=1S/C41H54N2/c1-32-28-40(42)26-24-38(32)30-36-20-16-34(17-21-36)14-12-10-8-6-4-3-5-7-9-11-13-15-35-18-22-37(23-19-35)31-39-25-27-41(43)29-33(39)2/h16-29H,3-15,30-31,42-43H2,1-2H3. The molecule has 0 atom stereocenters. The van der Waals surface area contributed by atoms with Gasteiger partial charge in [-0.2, -0.15) is 0 Å². The predicted molar refractivity (Wildman–Crippen MR) is 188 cm³/mol. The van der Waals surface area contributed by atoms with E-state index in [1.165, 1.54) is 128 Å². The average molecular weight is 575 g/mol. The van der Waals surface area contributed by atoms with Gasteiger partial charge in [-0.15, -0.1) is 0 Å². The fourth-order valence-corrected chi connectivity index (χ4v) is 6.17. The van der Waals surface area contributed by atoms with Crippen LogP contribution < -0.4 is 11.5 Å². The molecule has 0 aliphatic carbocycles. The molecule has 0 spiro atoms. The van der Waals surface area contributed by atoms with Gasteiger partial charge in [-0.1, -0.05) is 118 Å². The van der Waals surface area contributed by atoms with Crippen molar-refractivity contribution in [2.75, 3.05) is 11.5 Å². The summed E-state index contributed by atoms with van der Waals surface area (Å²) in [6.07, 6.45) is 19.5. The van der Waals surface area contributed by atoms with Crippen LogP contribution in [0.5, 0.6) is 0 Å².